The van der Waals surface area contributed by atoms with E-state index in [0.29, 0.717) is 0 Å². The number of nitrogens with two attached hydrogens (primary N) is 1. The van der Waals surface area contributed by atoms with Crippen LogP contribution in [0.1, 0.15) is 0 Å². The molecular weight excluding hydrogens is 92.1 g/mol. The molecule has 0 aromatic rings. The first-order chi connectivity index (χ1) is 1.41. The SMILES string of the molecule is N#CN.[C].[Ca]. The van der Waals surface area contributed by atoms with Gasteiger partial charge < -0.3 is 5.73 Å². The van der Waals surface area contributed by atoms with Gasteiger partial charge in [0.1, 0.15) is 0 Å². The monoisotopic (exact) mass is 94.0 g/mol. The Balaban J connectivity index is -0.0000000200. The first kappa shape index (κ1) is 17.7. The predicted octanol–water partition coefficient (Wildman–Crippen LogP) is -0.873. The van der Waals surface area contributed by atoms with Crippen LogP contribution in [0.25, 0.3) is 0 Å². The van der Waals surface area contributed by atoms with Gasteiger partial charge in [0.2, 0.25) is 0 Å². The van der Waals surface area contributed by atoms with Gasteiger partial charge >= 0.3 is 0 Å². The van der Waals surface area contributed by atoms with E-state index in [2.05, 4.69) is 5.73 Å². The molecule has 6 radical (unpaired) electrons. The number of hydrogen-bond donors (Lipinski definition) is 1. The number of rotatable bonds is 0. The van der Waals surface area contributed by atoms with Gasteiger partial charge in [0, 0.05) is 45.2 Å². The van der Waals surface area contributed by atoms with Crippen LogP contribution in [0.2, 0.25) is 0 Å². The molecule has 2 nitrogen and oxygen atoms in total. The zero-order valence-corrected chi connectivity index (χ0v) is 4.94. The van der Waals surface area contributed by atoms with Gasteiger partial charge in [0.25, 0.3) is 0 Å². The summed E-state index contributed by atoms with van der Waals surface area (Å²) in [6, 6.07) is 0. The molecule has 2 N–H and O–H groups in total. The van der Waals surface area contributed by atoms with E-state index in [0.717, 1.165) is 0 Å². The van der Waals surface area contributed by atoms with E-state index in [4.69, 9.17) is 5.26 Å². The molecule has 0 aromatic heterocycles. The van der Waals surface area contributed by atoms with Crippen molar-refractivity contribution < 1.29 is 0 Å². The minimum atomic E-state index is 0. The minimum absolute atomic E-state index is 0. The van der Waals surface area contributed by atoms with E-state index >= 15 is 0 Å². The van der Waals surface area contributed by atoms with Gasteiger partial charge in [-0.05, 0) is 0 Å². The maximum atomic E-state index is 7.10. The molecule has 0 fully saturated rings. The summed E-state index contributed by atoms with van der Waals surface area (Å²) in [4.78, 5) is 0. The second-order valence-corrected chi connectivity index (χ2v) is 0.129. The summed E-state index contributed by atoms with van der Waals surface area (Å²) < 4.78 is 0. The van der Waals surface area contributed by atoms with Crippen molar-refractivity contribution >= 4 is 37.7 Å². The van der Waals surface area contributed by atoms with Gasteiger partial charge in [0.05, 0.1) is 0 Å². The van der Waals surface area contributed by atoms with E-state index in [9.17, 15) is 0 Å². The van der Waals surface area contributed by atoms with Crippen LogP contribution >= 0.6 is 0 Å². The van der Waals surface area contributed by atoms with E-state index in [1.165, 1.54) is 6.19 Å². The molecule has 3 heteroatoms. The Morgan fingerprint density at radius 2 is 1.60 bits per heavy atom. The molecule has 0 aliphatic heterocycles. The van der Waals surface area contributed by atoms with E-state index in [-0.39, 0.29) is 45.2 Å². The van der Waals surface area contributed by atoms with Crippen LogP contribution in [0.5, 0.6) is 0 Å². The van der Waals surface area contributed by atoms with Gasteiger partial charge in [-0.15, -0.1) is 0 Å². The standard InChI is InChI=1S/CH2N2.C.Ca/c2-1-3;;/h2H2;;. The molecule has 0 aliphatic carbocycles. The molecule has 0 amide bonds. The van der Waals surface area contributed by atoms with Gasteiger partial charge in [-0.2, -0.15) is 5.26 Å². The Labute approximate surface area is 62.0 Å². The van der Waals surface area contributed by atoms with E-state index in [1.54, 1.807) is 0 Å². The predicted molar refractivity (Wildman–Crippen MR) is 18.8 cm³/mol. The third-order valence-electron chi connectivity index (χ3n) is 0. The van der Waals surface area contributed by atoms with Crippen LogP contribution in [0.4, 0.5) is 0 Å². The van der Waals surface area contributed by atoms with Gasteiger partial charge in [-0.3, -0.25) is 0 Å². The third kappa shape index (κ3) is 97.9. The quantitative estimate of drug-likeness (QED) is 0.241. The van der Waals surface area contributed by atoms with Crippen molar-refractivity contribution in [1.29, 1.82) is 5.26 Å². The molecule has 0 bridgehead atoms. The summed E-state index contributed by atoms with van der Waals surface area (Å²) in [5.41, 5.74) is 4.15. The molecule has 0 saturated carbocycles. The molecule has 22 valence electrons. The maximum absolute atomic E-state index is 7.10. The molecule has 0 unspecified atom stereocenters. The zero-order chi connectivity index (χ0) is 2.71. The molecule has 0 aromatic carbocycles. The first-order valence-corrected chi connectivity index (χ1v) is 0.512. The van der Waals surface area contributed by atoms with Crippen LogP contribution in [-0.4, -0.2) is 37.7 Å². The molecule has 0 aliphatic rings. The average molecular weight is 94.1 g/mol. The Morgan fingerprint density at radius 1 is 1.60 bits per heavy atom. The largest absolute Gasteiger partial charge is 0.337 e. The van der Waals surface area contributed by atoms with Crippen LogP contribution < -0.4 is 5.73 Å². The van der Waals surface area contributed by atoms with Crippen molar-refractivity contribution in [3.05, 3.63) is 7.43 Å². The van der Waals surface area contributed by atoms with E-state index in [1.807, 2.05) is 0 Å². The first-order valence-electron chi connectivity index (χ1n) is 0.512. The van der Waals surface area contributed by atoms with Crippen LogP contribution in [0, 0.1) is 18.9 Å². The van der Waals surface area contributed by atoms with Crippen molar-refractivity contribution in [3.8, 4) is 6.19 Å². The maximum Gasteiger partial charge on any atom is 0.173 e. The molecular formula is C2H2CaN2. The fraction of sp³-hybridized carbons (Fsp3) is 0. The van der Waals surface area contributed by atoms with Gasteiger partial charge in [-0.25, -0.2) is 0 Å². The Kier molecular flexibility index (Phi) is 84.4. The number of hydrogen-bond acceptors (Lipinski definition) is 2. The molecule has 0 spiro atoms. The summed E-state index contributed by atoms with van der Waals surface area (Å²) in [5, 5.41) is 7.10. The second-order valence-electron chi connectivity index (χ2n) is 0.129. The zero-order valence-electron chi connectivity index (χ0n) is 2.73. The fourth-order valence-corrected chi connectivity index (χ4v) is 0. The molecule has 0 heterocycles. The van der Waals surface area contributed by atoms with Crippen molar-refractivity contribution in [2.45, 2.75) is 0 Å². The van der Waals surface area contributed by atoms with Crippen molar-refractivity contribution in [2.24, 2.45) is 5.73 Å². The minimum Gasteiger partial charge on any atom is -0.337 e. The molecule has 0 rings (SSSR count). The smallest absolute Gasteiger partial charge is 0.173 e. The molecule has 5 heavy (non-hydrogen) atoms. The summed E-state index contributed by atoms with van der Waals surface area (Å²) in [6.45, 7) is 0. The normalized spacial score (nSPS) is 1.40. The van der Waals surface area contributed by atoms with Crippen LogP contribution in [0.15, 0.2) is 0 Å². The van der Waals surface area contributed by atoms with Gasteiger partial charge in [0.15, 0.2) is 6.19 Å². The van der Waals surface area contributed by atoms with E-state index < -0.39 is 0 Å². The Hall–Kier alpha value is 0.550. The second kappa shape index (κ2) is 23.9. The van der Waals surface area contributed by atoms with Gasteiger partial charge in [-0.1, -0.05) is 0 Å². The Morgan fingerprint density at radius 3 is 1.60 bits per heavy atom. The van der Waals surface area contributed by atoms with Crippen molar-refractivity contribution in [3.63, 3.8) is 0 Å². The summed E-state index contributed by atoms with van der Waals surface area (Å²) >= 11 is 0. The topological polar surface area (TPSA) is 49.8 Å². The van der Waals surface area contributed by atoms with Crippen LogP contribution in [-0.2, 0) is 0 Å². The van der Waals surface area contributed by atoms with Crippen molar-refractivity contribution in [2.75, 3.05) is 0 Å². The summed E-state index contributed by atoms with van der Waals surface area (Å²) in [5.74, 6) is 0. The number of nitrogens with zero attached hydrogens (tertiary/aromatic N) is 1. The fourth-order valence-electron chi connectivity index (χ4n) is 0. The number of nitriles is 1. The van der Waals surface area contributed by atoms with Crippen LogP contribution in [0.3, 0.4) is 0 Å². The summed E-state index contributed by atoms with van der Waals surface area (Å²) in [6.07, 6.45) is 1.25. The molecule has 0 atom stereocenters. The summed E-state index contributed by atoms with van der Waals surface area (Å²) in [7, 11) is 0. The molecule has 0 saturated heterocycles. The van der Waals surface area contributed by atoms with Crippen molar-refractivity contribution in [1.82, 2.24) is 0 Å². The third-order valence-corrected chi connectivity index (χ3v) is 0. The average Bonchev–Trinajstić information content (AvgIpc) is 0.918. The Bertz CT molecular complexity index is 29.1.